The van der Waals surface area contributed by atoms with Crippen LogP contribution in [0.1, 0.15) is 6.92 Å². The van der Waals surface area contributed by atoms with Crippen molar-refractivity contribution >= 4 is 15.9 Å². The SMILES string of the molecule is CCOc1ccc(-c2cccc(Br)c2OC(F)F)cc1. The molecule has 5 heteroatoms. The molecule has 0 N–H and O–H groups in total. The minimum atomic E-state index is -2.87. The molecular weight excluding hydrogens is 330 g/mol. The number of hydrogen-bond donors (Lipinski definition) is 0. The monoisotopic (exact) mass is 342 g/mol. The van der Waals surface area contributed by atoms with Crippen LogP contribution in [0.3, 0.4) is 0 Å². The van der Waals surface area contributed by atoms with Gasteiger partial charge in [-0.25, -0.2) is 0 Å². The summed E-state index contributed by atoms with van der Waals surface area (Å²) in [6, 6.07) is 12.4. The number of benzene rings is 2. The van der Waals surface area contributed by atoms with E-state index in [0.717, 1.165) is 11.3 Å². The summed E-state index contributed by atoms with van der Waals surface area (Å²) in [5.41, 5.74) is 1.38. The van der Waals surface area contributed by atoms with Crippen LogP contribution < -0.4 is 9.47 Å². The van der Waals surface area contributed by atoms with Crippen LogP contribution in [0.4, 0.5) is 8.78 Å². The summed E-state index contributed by atoms with van der Waals surface area (Å²) in [6.45, 7) is -0.387. The first kappa shape index (κ1) is 14.8. The van der Waals surface area contributed by atoms with E-state index in [1.54, 1.807) is 30.3 Å². The molecular formula is C15H13BrF2O2. The number of hydrogen-bond acceptors (Lipinski definition) is 2. The molecule has 0 unspecified atom stereocenters. The standard InChI is InChI=1S/C15H13BrF2O2/c1-2-19-11-8-6-10(7-9-11)12-4-3-5-13(16)14(12)20-15(17)18/h3-9,15H,2H2,1H3. The van der Waals surface area contributed by atoms with E-state index in [4.69, 9.17) is 4.74 Å². The minimum Gasteiger partial charge on any atom is -0.494 e. The summed E-state index contributed by atoms with van der Waals surface area (Å²) >= 11 is 3.23. The molecule has 20 heavy (non-hydrogen) atoms. The Labute approximate surface area is 124 Å². The summed E-state index contributed by atoms with van der Waals surface area (Å²) in [7, 11) is 0. The van der Waals surface area contributed by atoms with Crippen molar-refractivity contribution in [1.29, 1.82) is 0 Å². The summed E-state index contributed by atoms with van der Waals surface area (Å²) in [6.07, 6.45) is 0. The highest BCUT2D eigenvalue weighted by Crippen LogP contribution is 2.37. The van der Waals surface area contributed by atoms with E-state index >= 15 is 0 Å². The van der Waals surface area contributed by atoms with Crippen molar-refractivity contribution < 1.29 is 18.3 Å². The van der Waals surface area contributed by atoms with E-state index in [2.05, 4.69) is 20.7 Å². The van der Waals surface area contributed by atoms with Crippen LogP contribution in [0.5, 0.6) is 11.5 Å². The third-order valence-electron chi connectivity index (χ3n) is 2.65. The van der Waals surface area contributed by atoms with Gasteiger partial charge in [-0.3, -0.25) is 0 Å². The van der Waals surface area contributed by atoms with Crippen molar-refractivity contribution in [3.8, 4) is 22.6 Å². The van der Waals surface area contributed by atoms with Gasteiger partial charge in [-0.15, -0.1) is 0 Å². The van der Waals surface area contributed by atoms with E-state index in [1.807, 2.05) is 19.1 Å². The lowest BCUT2D eigenvalue weighted by molar-refractivity contribution is -0.0499. The molecule has 2 aromatic rings. The zero-order chi connectivity index (χ0) is 14.5. The van der Waals surface area contributed by atoms with Gasteiger partial charge in [0.1, 0.15) is 11.5 Å². The van der Waals surface area contributed by atoms with Crippen molar-refractivity contribution in [1.82, 2.24) is 0 Å². The zero-order valence-electron chi connectivity index (χ0n) is 10.8. The molecule has 0 saturated carbocycles. The van der Waals surface area contributed by atoms with Gasteiger partial charge in [0.25, 0.3) is 0 Å². The van der Waals surface area contributed by atoms with E-state index < -0.39 is 6.61 Å². The average molecular weight is 343 g/mol. The van der Waals surface area contributed by atoms with Crippen LogP contribution >= 0.6 is 15.9 Å². The van der Waals surface area contributed by atoms with Crippen LogP contribution in [0.15, 0.2) is 46.9 Å². The molecule has 0 atom stereocenters. The van der Waals surface area contributed by atoms with E-state index in [9.17, 15) is 8.78 Å². The smallest absolute Gasteiger partial charge is 0.387 e. The van der Waals surface area contributed by atoms with Crippen molar-refractivity contribution in [3.05, 3.63) is 46.9 Å². The summed E-state index contributed by atoms with van der Waals surface area (Å²) in [4.78, 5) is 0. The maximum atomic E-state index is 12.5. The van der Waals surface area contributed by atoms with Crippen molar-refractivity contribution in [2.24, 2.45) is 0 Å². The maximum Gasteiger partial charge on any atom is 0.387 e. The molecule has 0 amide bonds. The molecule has 2 aromatic carbocycles. The van der Waals surface area contributed by atoms with Gasteiger partial charge in [-0.1, -0.05) is 24.3 Å². The second-order valence-electron chi connectivity index (χ2n) is 3.95. The highest BCUT2D eigenvalue weighted by molar-refractivity contribution is 9.10. The largest absolute Gasteiger partial charge is 0.494 e. The molecule has 0 heterocycles. The molecule has 106 valence electrons. The van der Waals surface area contributed by atoms with Crippen LogP contribution in [0, 0.1) is 0 Å². The topological polar surface area (TPSA) is 18.5 Å². The second kappa shape index (κ2) is 6.70. The molecule has 0 aliphatic rings. The van der Waals surface area contributed by atoms with Gasteiger partial charge in [-0.2, -0.15) is 8.78 Å². The molecule has 0 fully saturated rings. The predicted molar refractivity (Wildman–Crippen MR) is 77.4 cm³/mol. The Morgan fingerprint density at radius 3 is 2.40 bits per heavy atom. The molecule has 0 radical (unpaired) electrons. The van der Waals surface area contributed by atoms with Crippen LogP contribution in [-0.2, 0) is 0 Å². The van der Waals surface area contributed by atoms with Crippen LogP contribution in [0.2, 0.25) is 0 Å². The first-order valence-corrected chi connectivity index (χ1v) is 6.87. The fourth-order valence-electron chi connectivity index (χ4n) is 1.84. The number of ether oxygens (including phenoxy) is 2. The fraction of sp³-hybridized carbons (Fsp3) is 0.200. The van der Waals surface area contributed by atoms with Gasteiger partial charge in [0.05, 0.1) is 11.1 Å². The van der Waals surface area contributed by atoms with Gasteiger partial charge >= 0.3 is 6.61 Å². The van der Waals surface area contributed by atoms with Crippen LogP contribution in [-0.4, -0.2) is 13.2 Å². The number of halogens is 3. The summed E-state index contributed by atoms with van der Waals surface area (Å²) < 4.78 is 35.4. The zero-order valence-corrected chi connectivity index (χ0v) is 12.4. The Morgan fingerprint density at radius 1 is 1.10 bits per heavy atom. The Bertz CT molecular complexity index is 571. The molecule has 0 saturated heterocycles. The quantitative estimate of drug-likeness (QED) is 0.751. The Morgan fingerprint density at radius 2 is 1.80 bits per heavy atom. The first-order chi connectivity index (χ1) is 9.61. The second-order valence-corrected chi connectivity index (χ2v) is 4.81. The van der Waals surface area contributed by atoms with Crippen molar-refractivity contribution in [2.45, 2.75) is 13.5 Å². The van der Waals surface area contributed by atoms with E-state index in [0.29, 0.717) is 16.6 Å². The first-order valence-electron chi connectivity index (χ1n) is 6.08. The molecule has 0 aromatic heterocycles. The highest BCUT2D eigenvalue weighted by Gasteiger charge is 2.14. The lowest BCUT2D eigenvalue weighted by atomic mass is 10.0. The van der Waals surface area contributed by atoms with Gasteiger partial charge in [0, 0.05) is 5.56 Å². The minimum absolute atomic E-state index is 0.131. The molecule has 0 aliphatic heterocycles. The Hall–Kier alpha value is -1.62. The Balaban J connectivity index is 2.38. The summed E-state index contributed by atoms with van der Waals surface area (Å²) in [5.74, 6) is 0.870. The highest BCUT2D eigenvalue weighted by atomic mass is 79.9. The number of para-hydroxylation sites is 1. The summed E-state index contributed by atoms with van der Waals surface area (Å²) in [5, 5.41) is 0. The van der Waals surface area contributed by atoms with Crippen molar-refractivity contribution in [2.75, 3.05) is 6.61 Å². The molecule has 0 aliphatic carbocycles. The number of rotatable bonds is 5. The lowest BCUT2D eigenvalue weighted by Gasteiger charge is -2.13. The number of alkyl halides is 2. The van der Waals surface area contributed by atoms with Crippen molar-refractivity contribution in [3.63, 3.8) is 0 Å². The van der Waals surface area contributed by atoms with Crippen LogP contribution in [0.25, 0.3) is 11.1 Å². The lowest BCUT2D eigenvalue weighted by Crippen LogP contribution is -2.03. The van der Waals surface area contributed by atoms with Gasteiger partial charge in [-0.05, 0) is 46.6 Å². The average Bonchev–Trinajstić information content (AvgIpc) is 2.42. The normalized spacial score (nSPS) is 10.7. The molecule has 0 spiro atoms. The Kier molecular flexibility index (Phi) is 4.95. The molecule has 0 bridgehead atoms. The third kappa shape index (κ3) is 3.48. The van der Waals surface area contributed by atoms with E-state index in [1.165, 1.54) is 0 Å². The van der Waals surface area contributed by atoms with Gasteiger partial charge in [0.2, 0.25) is 0 Å². The predicted octanol–water partition coefficient (Wildman–Crippen LogP) is 5.12. The van der Waals surface area contributed by atoms with Gasteiger partial charge < -0.3 is 9.47 Å². The third-order valence-corrected chi connectivity index (χ3v) is 3.27. The van der Waals surface area contributed by atoms with E-state index in [-0.39, 0.29) is 5.75 Å². The molecule has 2 rings (SSSR count). The van der Waals surface area contributed by atoms with Gasteiger partial charge in [0.15, 0.2) is 0 Å². The molecule has 2 nitrogen and oxygen atoms in total. The fourth-order valence-corrected chi connectivity index (χ4v) is 2.30. The maximum absolute atomic E-state index is 12.5.